The molecule has 98 valence electrons. The maximum Gasteiger partial charge on any atom is 0.127 e. The van der Waals surface area contributed by atoms with Crippen molar-refractivity contribution in [3.63, 3.8) is 0 Å². The average Bonchev–Trinajstić information content (AvgIpc) is 2.44. The van der Waals surface area contributed by atoms with Crippen LogP contribution < -0.4 is 4.74 Å². The molecule has 0 heterocycles. The van der Waals surface area contributed by atoms with Gasteiger partial charge in [-0.25, -0.2) is 4.39 Å². The first kappa shape index (κ1) is 13.3. The summed E-state index contributed by atoms with van der Waals surface area (Å²) in [4.78, 5) is 0. The van der Waals surface area contributed by atoms with Gasteiger partial charge in [-0.2, -0.15) is 0 Å². The monoisotopic (exact) mass is 258 g/mol. The van der Waals surface area contributed by atoms with Gasteiger partial charge in [-0.05, 0) is 29.3 Å². The van der Waals surface area contributed by atoms with Gasteiger partial charge in [-0.15, -0.1) is 0 Å². The molecule has 0 aromatic heterocycles. The van der Waals surface area contributed by atoms with E-state index in [4.69, 9.17) is 9.84 Å². The highest BCUT2D eigenvalue weighted by Gasteiger charge is 2.00. The van der Waals surface area contributed by atoms with Crippen molar-refractivity contribution < 1.29 is 14.2 Å². The Morgan fingerprint density at radius 2 is 1.89 bits per heavy atom. The lowest BCUT2D eigenvalue weighted by molar-refractivity contribution is 0.279. The summed E-state index contributed by atoms with van der Waals surface area (Å²) in [6.07, 6.45) is 3.80. The van der Waals surface area contributed by atoms with Gasteiger partial charge in [-0.3, -0.25) is 0 Å². The van der Waals surface area contributed by atoms with E-state index in [1.807, 2.05) is 42.5 Å². The summed E-state index contributed by atoms with van der Waals surface area (Å²) in [6, 6.07) is 14.1. The van der Waals surface area contributed by atoms with E-state index in [0.717, 1.165) is 5.56 Å². The van der Waals surface area contributed by atoms with Gasteiger partial charge in [0, 0.05) is 6.07 Å². The van der Waals surface area contributed by atoms with Crippen LogP contribution >= 0.6 is 0 Å². The Morgan fingerprint density at radius 1 is 1.11 bits per heavy atom. The van der Waals surface area contributed by atoms with Crippen LogP contribution in [0.4, 0.5) is 4.39 Å². The standard InChI is InChI=1S/C16H15FO2/c17-15-9-14(12-18)10-16(11-15)19-8-4-7-13-5-2-1-3-6-13/h1-7,9-11,18H,8,12H2/b7-4+. The second-order valence-corrected chi connectivity index (χ2v) is 4.08. The second-order valence-electron chi connectivity index (χ2n) is 4.08. The predicted octanol–water partition coefficient (Wildman–Crippen LogP) is 3.41. The van der Waals surface area contributed by atoms with Gasteiger partial charge in [0.05, 0.1) is 6.61 Å². The lowest BCUT2D eigenvalue weighted by Crippen LogP contribution is -1.95. The minimum absolute atomic E-state index is 0.200. The van der Waals surface area contributed by atoms with Crippen LogP contribution in [0, 0.1) is 5.82 Å². The van der Waals surface area contributed by atoms with Crippen molar-refractivity contribution in [3.8, 4) is 5.75 Å². The van der Waals surface area contributed by atoms with E-state index in [0.29, 0.717) is 17.9 Å². The molecule has 0 saturated heterocycles. The smallest absolute Gasteiger partial charge is 0.127 e. The van der Waals surface area contributed by atoms with Crippen molar-refractivity contribution in [2.45, 2.75) is 6.61 Å². The molecule has 0 unspecified atom stereocenters. The van der Waals surface area contributed by atoms with Crippen molar-refractivity contribution in [2.24, 2.45) is 0 Å². The van der Waals surface area contributed by atoms with Gasteiger partial charge in [0.15, 0.2) is 0 Å². The zero-order valence-corrected chi connectivity index (χ0v) is 10.4. The van der Waals surface area contributed by atoms with Crippen molar-refractivity contribution in [1.82, 2.24) is 0 Å². The van der Waals surface area contributed by atoms with Gasteiger partial charge in [-0.1, -0.05) is 36.4 Å². The molecule has 0 atom stereocenters. The molecule has 2 rings (SSSR count). The van der Waals surface area contributed by atoms with Crippen LogP contribution in [0.15, 0.2) is 54.6 Å². The number of halogens is 1. The summed E-state index contributed by atoms with van der Waals surface area (Å²) in [5, 5.41) is 8.97. The molecule has 0 fully saturated rings. The van der Waals surface area contributed by atoms with E-state index in [1.54, 1.807) is 6.07 Å². The van der Waals surface area contributed by atoms with Gasteiger partial charge >= 0.3 is 0 Å². The zero-order valence-electron chi connectivity index (χ0n) is 10.4. The highest BCUT2D eigenvalue weighted by Crippen LogP contribution is 2.16. The molecule has 1 N–H and O–H groups in total. The van der Waals surface area contributed by atoms with E-state index in [9.17, 15) is 4.39 Å². The van der Waals surface area contributed by atoms with Gasteiger partial charge < -0.3 is 9.84 Å². The van der Waals surface area contributed by atoms with Crippen LogP contribution in [0.3, 0.4) is 0 Å². The molecule has 2 nitrogen and oxygen atoms in total. The quantitative estimate of drug-likeness (QED) is 0.890. The number of hydrogen-bond donors (Lipinski definition) is 1. The number of aliphatic hydroxyl groups is 1. The van der Waals surface area contributed by atoms with E-state index >= 15 is 0 Å². The lowest BCUT2D eigenvalue weighted by atomic mass is 10.2. The first-order valence-corrected chi connectivity index (χ1v) is 6.02. The highest BCUT2D eigenvalue weighted by atomic mass is 19.1. The molecule has 2 aromatic rings. The molecule has 0 spiro atoms. The fraction of sp³-hybridized carbons (Fsp3) is 0.125. The average molecular weight is 258 g/mol. The molecule has 0 amide bonds. The van der Waals surface area contributed by atoms with Crippen LogP contribution in [-0.4, -0.2) is 11.7 Å². The molecule has 2 aromatic carbocycles. The van der Waals surface area contributed by atoms with Gasteiger partial charge in [0.1, 0.15) is 18.2 Å². The number of aliphatic hydroxyl groups excluding tert-OH is 1. The summed E-state index contributed by atoms with van der Waals surface area (Å²) < 4.78 is 18.6. The minimum Gasteiger partial charge on any atom is -0.489 e. The molecular formula is C16H15FO2. The summed E-state index contributed by atoms with van der Waals surface area (Å²) in [5.41, 5.74) is 1.59. The molecule has 0 radical (unpaired) electrons. The Bertz CT molecular complexity index is 550. The van der Waals surface area contributed by atoms with Crippen molar-refractivity contribution in [1.29, 1.82) is 0 Å². The Hall–Kier alpha value is -2.13. The SMILES string of the molecule is OCc1cc(F)cc(OC/C=C/c2ccccc2)c1. The Labute approximate surface area is 111 Å². The Kier molecular flexibility index (Phi) is 4.70. The minimum atomic E-state index is -0.409. The summed E-state index contributed by atoms with van der Waals surface area (Å²) in [7, 11) is 0. The first-order valence-electron chi connectivity index (χ1n) is 6.02. The molecule has 3 heteroatoms. The van der Waals surface area contributed by atoms with E-state index < -0.39 is 5.82 Å². The molecule has 0 saturated carbocycles. The van der Waals surface area contributed by atoms with Crippen molar-refractivity contribution in [3.05, 3.63) is 71.6 Å². The third kappa shape index (κ3) is 4.23. The summed E-state index contributed by atoms with van der Waals surface area (Å²) >= 11 is 0. The fourth-order valence-corrected chi connectivity index (χ4v) is 1.69. The number of benzene rings is 2. The van der Waals surface area contributed by atoms with E-state index in [-0.39, 0.29) is 6.61 Å². The third-order valence-electron chi connectivity index (χ3n) is 2.57. The molecule has 19 heavy (non-hydrogen) atoms. The maximum atomic E-state index is 13.2. The molecule has 0 aliphatic heterocycles. The van der Waals surface area contributed by atoms with E-state index in [2.05, 4.69) is 0 Å². The lowest BCUT2D eigenvalue weighted by Gasteiger charge is -2.05. The Morgan fingerprint density at radius 3 is 2.63 bits per heavy atom. The molecule has 0 aliphatic rings. The topological polar surface area (TPSA) is 29.5 Å². The second kappa shape index (κ2) is 6.71. The predicted molar refractivity (Wildman–Crippen MR) is 73.3 cm³/mol. The van der Waals surface area contributed by atoms with E-state index in [1.165, 1.54) is 12.1 Å². The number of rotatable bonds is 5. The van der Waals surface area contributed by atoms with Crippen LogP contribution in [0.2, 0.25) is 0 Å². The summed E-state index contributed by atoms with van der Waals surface area (Å²) in [6.45, 7) is 0.150. The van der Waals surface area contributed by atoms with Crippen molar-refractivity contribution in [2.75, 3.05) is 6.61 Å². The third-order valence-corrected chi connectivity index (χ3v) is 2.57. The van der Waals surface area contributed by atoms with Crippen LogP contribution in [0.5, 0.6) is 5.75 Å². The largest absolute Gasteiger partial charge is 0.489 e. The van der Waals surface area contributed by atoms with Crippen LogP contribution in [-0.2, 0) is 6.61 Å². The first-order chi connectivity index (χ1) is 9.28. The normalized spacial score (nSPS) is 10.8. The Balaban J connectivity index is 1.92. The van der Waals surface area contributed by atoms with Crippen LogP contribution in [0.1, 0.15) is 11.1 Å². The van der Waals surface area contributed by atoms with Gasteiger partial charge in [0.2, 0.25) is 0 Å². The molecule has 0 aliphatic carbocycles. The van der Waals surface area contributed by atoms with Gasteiger partial charge in [0.25, 0.3) is 0 Å². The molecule has 0 bridgehead atoms. The zero-order chi connectivity index (χ0) is 13.5. The van der Waals surface area contributed by atoms with Crippen LogP contribution in [0.25, 0.3) is 6.08 Å². The number of ether oxygens (including phenoxy) is 1. The maximum absolute atomic E-state index is 13.2. The van der Waals surface area contributed by atoms with Crippen molar-refractivity contribution >= 4 is 6.08 Å². The number of hydrogen-bond acceptors (Lipinski definition) is 2. The summed E-state index contributed by atoms with van der Waals surface area (Å²) in [5.74, 6) is 0.00958. The fourth-order valence-electron chi connectivity index (χ4n) is 1.69. The molecular weight excluding hydrogens is 243 g/mol. The highest BCUT2D eigenvalue weighted by molar-refractivity contribution is 5.48.